The highest BCUT2D eigenvalue weighted by atomic mass is 15.2. The van der Waals surface area contributed by atoms with Crippen molar-refractivity contribution >= 4 is 144 Å². The Labute approximate surface area is 485 Å². The molecule has 17 aromatic rings. The maximum absolute atomic E-state index is 2.55. The summed E-state index contributed by atoms with van der Waals surface area (Å²) < 4.78 is 5.10. The molecule has 0 aliphatic carbocycles. The van der Waals surface area contributed by atoms with Gasteiger partial charge in [0.1, 0.15) is 0 Å². The van der Waals surface area contributed by atoms with Crippen molar-refractivity contribution in [3.8, 4) is 0 Å². The number of hydrogen-bond acceptors (Lipinski definition) is 4. The van der Waals surface area contributed by atoms with Gasteiger partial charge < -0.3 is 28.4 Å². The molecule has 0 radical (unpaired) electrons. The Balaban J connectivity index is 0.985. The zero-order valence-electron chi connectivity index (χ0n) is 45.7. The van der Waals surface area contributed by atoms with Gasteiger partial charge >= 0.3 is 0 Å². The molecule has 6 nitrogen and oxygen atoms in total. The van der Waals surface area contributed by atoms with Gasteiger partial charge in [0.25, 0.3) is 0 Å². The topological polar surface area (TPSA) is 21.8 Å². The second-order valence-corrected chi connectivity index (χ2v) is 21.8. The molecular weight excluding hydrogens is 1020 g/mol. The average molecular weight is 1070 g/mol. The number of benzene rings is 13. The maximum atomic E-state index is 2.55. The van der Waals surface area contributed by atoms with Gasteiger partial charge in [-0.2, -0.15) is 0 Å². The molecule has 0 saturated carbocycles. The lowest BCUT2D eigenvalue weighted by atomic mass is 10.0. The standard InChI is InChI=1S/C78H52N6/c1-9-25-53(26-10-1)79(54-27-11-2-12-28-54)61-41-43-73-65(45-61)69-47-63(81(57-33-17-5-18-34-57)58-35-19-6-20-36-58)49-71-67-51-68-72-50-64(82(59-37-21-7-22-38-59)60-39-23-8-24-40-60)48-70-66-46-62(80(55-29-13-3-14-30-55)56-31-15-4-16-32-56)42-44-74(66)84(78(70)72)76(68)52-75(67)83(73)77(69)71/h1-52H. The molecular formula is C78H52N6. The highest BCUT2D eigenvalue weighted by Crippen LogP contribution is 2.51. The molecule has 394 valence electrons. The molecule has 0 spiro atoms. The van der Waals surface area contributed by atoms with E-state index >= 15 is 0 Å². The minimum absolute atomic E-state index is 1.09. The summed E-state index contributed by atoms with van der Waals surface area (Å²) in [6.45, 7) is 0. The molecule has 4 heterocycles. The van der Waals surface area contributed by atoms with Crippen LogP contribution in [0.4, 0.5) is 68.2 Å². The van der Waals surface area contributed by atoms with Crippen molar-refractivity contribution in [1.82, 2.24) is 8.80 Å². The molecule has 0 unspecified atom stereocenters. The summed E-state index contributed by atoms with van der Waals surface area (Å²) in [5.41, 5.74) is 20.2. The lowest BCUT2D eigenvalue weighted by molar-refractivity contribution is 1.28. The van der Waals surface area contributed by atoms with E-state index in [0.29, 0.717) is 0 Å². The number of para-hydroxylation sites is 8. The van der Waals surface area contributed by atoms with Gasteiger partial charge in [-0.3, -0.25) is 0 Å². The molecule has 0 atom stereocenters. The number of fused-ring (bicyclic) bond motifs is 12. The molecule has 0 bridgehead atoms. The van der Waals surface area contributed by atoms with E-state index in [2.05, 4.69) is 344 Å². The number of hydrogen-bond donors (Lipinski definition) is 0. The lowest BCUT2D eigenvalue weighted by Gasteiger charge is -2.26. The Morgan fingerprint density at radius 3 is 0.619 bits per heavy atom. The quantitative estimate of drug-likeness (QED) is 0.122. The molecule has 0 aliphatic heterocycles. The Bertz CT molecular complexity index is 4740. The molecule has 0 fully saturated rings. The van der Waals surface area contributed by atoms with Crippen molar-refractivity contribution in [1.29, 1.82) is 0 Å². The molecule has 84 heavy (non-hydrogen) atoms. The highest BCUT2D eigenvalue weighted by molar-refractivity contribution is 6.30. The molecule has 17 rings (SSSR count). The fourth-order valence-corrected chi connectivity index (χ4v) is 13.5. The first-order valence-corrected chi connectivity index (χ1v) is 28.8. The first-order valence-electron chi connectivity index (χ1n) is 28.8. The maximum Gasteiger partial charge on any atom is 0.0622 e. The van der Waals surface area contributed by atoms with Gasteiger partial charge in [-0.05, 0) is 170 Å². The van der Waals surface area contributed by atoms with Gasteiger partial charge in [-0.1, -0.05) is 146 Å². The second kappa shape index (κ2) is 19.2. The van der Waals surface area contributed by atoms with Crippen molar-refractivity contribution in [3.05, 3.63) is 315 Å². The van der Waals surface area contributed by atoms with E-state index < -0.39 is 0 Å². The summed E-state index contributed by atoms with van der Waals surface area (Å²) in [5.74, 6) is 0. The summed E-state index contributed by atoms with van der Waals surface area (Å²) in [7, 11) is 0. The normalized spacial score (nSPS) is 11.8. The van der Waals surface area contributed by atoms with Crippen LogP contribution in [0.5, 0.6) is 0 Å². The minimum atomic E-state index is 1.09. The third-order valence-corrected chi connectivity index (χ3v) is 17.0. The van der Waals surface area contributed by atoms with Crippen LogP contribution in [0.1, 0.15) is 0 Å². The molecule has 0 amide bonds. The Hall–Kier alpha value is -11.3. The van der Waals surface area contributed by atoms with Crippen LogP contribution in [0, 0.1) is 0 Å². The third-order valence-electron chi connectivity index (χ3n) is 17.0. The summed E-state index contributed by atoms with van der Waals surface area (Å²) in [4.78, 5) is 9.56. The van der Waals surface area contributed by atoms with Crippen molar-refractivity contribution in [2.24, 2.45) is 0 Å². The third kappa shape index (κ3) is 7.44. The summed E-state index contributed by atoms with van der Waals surface area (Å²) in [6.07, 6.45) is 0. The molecule has 4 aromatic heterocycles. The van der Waals surface area contributed by atoms with E-state index in [-0.39, 0.29) is 0 Å². The van der Waals surface area contributed by atoms with Crippen molar-refractivity contribution in [3.63, 3.8) is 0 Å². The molecule has 0 N–H and O–H groups in total. The van der Waals surface area contributed by atoms with Crippen LogP contribution in [-0.4, -0.2) is 8.80 Å². The van der Waals surface area contributed by atoms with Crippen LogP contribution in [0.3, 0.4) is 0 Å². The van der Waals surface area contributed by atoms with Gasteiger partial charge in [0.2, 0.25) is 0 Å². The summed E-state index contributed by atoms with van der Waals surface area (Å²) >= 11 is 0. The number of aromatic nitrogens is 2. The number of nitrogens with zero attached hydrogens (tertiary/aromatic N) is 6. The first kappa shape index (κ1) is 47.5. The zero-order valence-corrected chi connectivity index (χ0v) is 45.7. The fourth-order valence-electron chi connectivity index (χ4n) is 13.5. The van der Waals surface area contributed by atoms with Crippen LogP contribution in [0.15, 0.2) is 315 Å². The monoisotopic (exact) mass is 1070 g/mol. The van der Waals surface area contributed by atoms with Crippen molar-refractivity contribution in [2.75, 3.05) is 19.6 Å². The van der Waals surface area contributed by atoms with Gasteiger partial charge in [-0.15, -0.1) is 0 Å². The summed E-state index contributed by atoms with van der Waals surface area (Å²) in [5, 5.41) is 9.58. The minimum Gasteiger partial charge on any atom is -0.310 e. The van der Waals surface area contributed by atoms with E-state index in [1.54, 1.807) is 0 Å². The molecule has 0 saturated heterocycles. The second-order valence-electron chi connectivity index (χ2n) is 21.8. The Morgan fingerprint density at radius 1 is 0.155 bits per heavy atom. The van der Waals surface area contributed by atoms with Crippen molar-refractivity contribution < 1.29 is 0 Å². The first-order chi connectivity index (χ1) is 41.7. The zero-order chi connectivity index (χ0) is 55.2. The van der Waals surface area contributed by atoms with Gasteiger partial charge in [-0.25, -0.2) is 0 Å². The van der Waals surface area contributed by atoms with E-state index in [1.807, 2.05) is 0 Å². The fraction of sp³-hybridized carbons (Fsp3) is 0. The van der Waals surface area contributed by atoms with Gasteiger partial charge in [0.05, 0.1) is 33.1 Å². The highest BCUT2D eigenvalue weighted by Gasteiger charge is 2.28. The van der Waals surface area contributed by atoms with E-state index in [1.165, 1.54) is 54.1 Å². The smallest absolute Gasteiger partial charge is 0.0622 e. The van der Waals surface area contributed by atoms with Crippen LogP contribution < -0.4 is 19.6 Å². The van der Waals surface area contributed by atoms with E-state index in [4.69, 9.17) is 0 Å². The SMILES string of the molecule is c1ccc(N(c2ccccc2)c2ccc3c(c2)c2cc(N(c4ccccc4)c4ccccc4)cc4c5cc6c7cc(N(c8ccccc8)c8ccccc8)cc8c9cc(N(c%10ccccc%10)c%10ccccc%10)ccc9n(c6cc5n3c24)c87)cc1. The van der Waals surface area contributed by atoms with Crippen LogP contribution in [-0.2, 0) is 0 Å². The lowest BCUT2D eigenvalue weighted by Crippen LogP contribution is -2.09. The number of rotatable bonds is 12. The molecule has 6 heteroatoms. The van der Waals surface area contributed by atoms with Crippen molar-refractivity contribution in [2.45, 2.75) is 0 Å². The largest absolute Gasteiger partial charge is 0.310 e. The van der Waals surface area contributed by atoms with E-state index in [0.717, 1.165) is 90.3 Å². The predicted molar refractivity (Wildman–Crippen MR) is 354 cm³/mol. The van der Waals surface area contributed by atoms with Gasteiger partial charge in [0.15, 0.2) is 0 Å². The number of anilines is 12. The predicted octanol–water partition coefficient (Wildman–Crippen LogP) is 21.9. The van der Waals surface area contributed by atoms with E-state index in [9.17, 15) is 0 Å². The van der Waals surface area contributed by atoms with Gasteiger partial charge in [0, 0.05) is 111 Å². The molecule has 13 aromatic carbocycles. The van der Waals surface area contributed by atoms with Crippen LogP contribution in [0.2, 0.25) is 0 Å². The van der Waals surface area contributed by atoms with Crippen LogP contribution >= 0.6 is 0 Å². The summed E-state index contributed by atoms with van der Waals surface area (Å²) in [6, 6.07) is 115. The Morgan fingerprint density at radius 2 is 0.369 bits per heavy atom. The van der Waals surface area contributed by atoms with Crippen LogP contribution in [0.25, 0.3) is 76.2 Å². The average Bonchev–Trinajstić information content (AvgIpc) is 1.67. The molecule has 0 aliphatic rings. The Kier molecular flexibility index (Phi) is 10.8.